The predicted molar refractivity (Wildman–Crippen MR) is 91.9 cm³/mol. The zero-order valence-electron chi connectivity index (χ0n) is 13.6. The second-order valence-corrected chi connectivity index (χ2v) is 6.95. The van der Waals surface area contributed by atoms with Crippen molar-refractivity contribution in [2.75, 3.05) is 6.61 Å². The second kappa shape index (κ2) is 7.57. The molecule has 1 atom stereocenters. The third-order valence-corrected chi connectivity index (χ3v) is 4.78. The normalized spacial score (nSPS) is 12.2. The first-order valence-electron chi connectivity index (χ1n) is 7.63. The van der Waals surface area contributed by atoms with Gasteiger partial charge in [0.2, 0.25) is 0 Å². The van der Waals surface area contributed by atoms with Gasteiger partial charge in [-0.15, -0.1) is 11.3 Å². The Morgan fingerprint density at radius 1 is 1.30 bits per heavy atom. The van der Waals surface area contributed by atoms with Gasteiger partial charge in [-0.25, -0.2) is 0 Å². The standard InChI is InChI=1S/C17H22N2O3S/c1-4-13(10-20)19(9-14-7-6-12(3)23-14)17(22)15-8-5-11(2)18-16(15)21/h5-8,13,20H,4,9-10H2,1-3H3,(H,18,21)/t13-/m0/s1. The topological polar surface area (TPSA) is 73.4 Å². The van der Waals surface area contributed by atoms with Crippen molar-refractivity contribution in [2.45, 2.75) is 39.8 Å². The first-order chi connectivity index (χ1) is 11.0. The smallest absolute Gasteiger partial charge is 0.260 e. The number of hydrogen-bond acceptors (Lipinski definition) is 4. The minimum atomic E-state index is -0.393. The third-order valence-electron chi connectivity index (χ3n) is 3.79. The van der Waals surface area contributed by atoms with Gasteiger partial charge in [-0.2, -0.15) is 0 Å². The van der Waals surface area contributed by atoms with Crippen molar-refractivity contribution in [2.24, 2.45) is 0 Å². The molecule has 0 saturated heterocycles. The van der Waals surface area contributed by atoms with Crippen LogP contribution in [0.2, 0.25) is 0 Å². The zero-order valence-corrected chi connectivity index (χ0v) is 14.4. The Morgan fingerprint density at radius 3 is 2.57 bits per heavy atom. The first-order valence-corrected chi connectivity index (χ1v) is 8.45. The number of pyridine rings is 1. The van der Waals surface area contributed by atoms with Gasteiger partial charge < -0.3 is 15.0 Å². The molecule has 6 heteroatoms. The molecule has 2 N–H and O–H groups in total. The molecule has 0 saturated carbocycles. The van der Waals surface area contributed by atoms with Crippen molar-refractivity contribution >= 4 is 17.2 Å². The van der Waals surface area contributed by atoms with Gasteiger partial charge in [0.1, 0.15) is 5.56 Å². The summed E-state index contributed by atoms with van der Waals surface area (Å²) in [5, 5.41) is 9.61. The van der Waals surface area contributed by atoms with Crippen LogP contribution in [-0.4, -0.2) is 33.5 Å². The minimum Gasteiger partial charge on any atom is -0.394 e. The lowest BCUT2D eigenvalue weighted by Crippen LogP contribution is -2.43. The molecule has 0 unspecified atom stereocenters. The molecule has 0 aliphatic heterocycles. The summed E-state index contributed by atoms with van der Waals surface area (Å²) < 4.78 is 0. The molecule has 2 aromatic heterocycles. The SMILES string of the molecule is CC[C@@H](CO)N(Cc1ccc(C)s1)C(=O)c1ccc(C)[nH]c1=O. The highest BCUT2D eigenvalue weighted by Crippen LogP contribution is 2.20. The Balaban J connectivity index is 2.35. The van der Waals surface area contributed by atoms with Crippen LogP contribution in [0.1, 0.15) is 39.2 Å². The highest BCUT2D eigenvalue weighted by Gasteiger charge is 2.25. The molecule has 5 nitrogen and oxygen atoms in total. The van der Waals surface area contributed by atoms with Crippen molar-refractivity contribution in [1.29, 1.82) is 0 Å². The van der Waals surface area contributed by atoms with Crippen molar-refractivity contribution in [3.8, 4) is 0 Å². The summed E-state index contributed by atoms with van der Waals surface area (Å²) in [4.78, 5) is 31.4. The van der Waals surface area contributed by atoms with Crippen LogP contribution >= 0.6 is 11.3 Å². The molecular formula is C17H22N2O3S. The van der Waals surface area contributed by atoms with E-state index in [0.717, 1.165) is 9.75 Å². The highest BCUT2D eigenvalue weighted by molar-refractivity contribution is 7.11. The van der Waals surface area contributed by atoms with E-state index in [1.54, 1.807) is 35.3 Å². The molecule has 2 rings (SSSR count). The largest absolute Gasteiger partial charge is 0.394 e. The van der Waals surface area contributed by atoms with Gasteiger partial charge in [0.25, 0.3) is 11.5 Å². The number of amides is 1. The summed E-state index contributed by atoms with van der Waals surface area (Å²) in [6.07, 6.45) is 0.621. The van der Waals surface area contributed by atoms with Gasteiger partial charge in [0, 0.05) is 15.4 Å². The average molecular weight is 334 g/mol. The van der Waals surface area contributed by atoms with Crippen LogP contribution in [0, 0.1) is 13.8 Å². The molecule has 23 heavy (non-hydrogen) atoms. The Bertz CT molecular complexity index is 731. The number of aliphatic hydroxyl groups excluding tert-OH is 1. The van der Waals surface area contributed by atoms with Gasteiger partial charge in [0.15, 0.2) is 0 Å². The van der Waals surface area contributed by atoms with Crippen LogP contribution in [0.4, 0.5) is 0 Å². The maximum atomic E-state index is 12.8. The molecule has 0 bridgehead atoms. The highest BCUT2D eigenvalue weighted by atomic mass is 32.1. The van der Waals surface area contributed by atoms with Crippen LogP contribution in [0.3, 0.4) is 0 Å². The van der Waals surface area contributed by atoms with Crippen LogP contribution < -0.4 is 5.56 Å². The Morgan fingerprint density at radius 2 is 2.04 bits per heavy atom. The number of nitrogens with zero attached hydrogens (tertiary/aromatic N) is 1. The van der Waals surface area contributed by atoms with Crippen molar-refractivity contribution in [1.82, 2.24) is 9.88 Å². The van der Waals surface area contributed by atoms with E-state index < -0.39 is 5.56 Å². The Labute approximate surface area is 139 Å². The van der Waals surface area contributed by atoms with Gasteiger partial charge in [-0.3, -0.25) is 9.59 Å². The lowest BCUT2D eigenvalue weighted by Gasteiger charge is -2.29. The van der Waals surface area contributed by atoms with Crippen LogP contribution in [0.15, 0.2) is 29.1 Å². The number of thiophene rings is 1. The van der Waals surface area contributed by atoms with E-state index in [9.17, 15) is 14.7 Å². The van der Waals surface area contributed by atoms with E-state index in [4.69, 9.17) is 0 Å². The summed E-state index contributed by atoms with van der Waals surface area (Å²) in [5.74, 6) is -0.349. The number of H-pyrrole nitrogens is 1. The number of aromatic amines is 1. The van der Waals surface area contributed by atoms with Crippen molar-refractivity contribution < 1.29 is 9.90 Å². The van der Waals surface area contributed by atoms with E-state index in [1.165, 1.54) is 0 Å². The van der Waals surface area contributed by atoms with E-state index in [-0.39, 0.29) is 24.1 Å². The molecule has 0 aliphatic rings. The summed E-state index contributed by atoms with van der Waals surface area (Å²) in [6, 6.07) is 6.92. The molecule has 0 aromatic carbocycles. The number of aliphatic hydroxyl groups is 1. The van der Waals surface area contributed by atoms with Crippen molar-refractivity contribution in [3.05, 3.63) is 55.6 Å². The van der Waals surface area contributed by atoms with Gasteiger partial charge in [-0.1, -0.05) is 6.92 Å². The predicted octanol–water partition coefficient (Wildman–Crippen LogP) is 2.47. The number of carbonyl (C=O) groups excluding carboxylic acids is 1. The molecule has 0 fully saturated rings. The number of carbonyl (C=O) groups is 1. The molecule has 0 aliphatic carbocycles. The number of rotatable bonds is 6. The third kappa shape index (κ3) is 4.09. The Hall–Kier alpha value is -1.92. The fourth-order valence-electron chi connectivity index (χ4n) is 2.45. The van der Waals surface area contributed by atoms with Gasteiger partial charge in [-0.05, 0) is 44.5 Å². The zero-order chi connectivity index (χ0) is 17.0. The molecule has 0 spiro atoms. The molecule has 124 valence electrons. The minimum absolute atomic E-state index is 0.107. The van der Waals surface area contributed by atoms with Crippen molar-refractivity contribution in [3.63, 3.8) is 0 Å². The molecule has 2 aromatic rings. The maximum Gasteiger partial charge on any atom is 0.260 e. The lowest BCUT2D eigenvalue weighted by atomic mass is 10.1. The van der Waals surface area contributed by atoms with E-state index >= 15 is 0 Å². The van der Waals surface area contributed by atoms with Gasteiger partial charge >= 0.3 is 0 Å². The first kappa shape index (κ1) is 17.4. The Kier molecular flexibility index (Phi) is 5.74. The summed E-state index contributed by atoms with van der Waals surface area (Å²) >= 11 is 1.61. The maximum absolute atomic E-state index is 12.8. The quantitative estimate of drug-likeness (QED) is 0.852. The van der Waals surface area contributed by atoms with Crippen LogP contribution in [0.25, 0.3) is 0 Å². The molecular weight excluding hydrogens is 312 g/mol. The molecule has 1 amide bonds. The number of aromatic nitrogens is 1. The van der Waals surface area contributed by atoms with Gasteiger partial charge in [0.05, 0.1) is 19.2 Å². The van der Waals surface area contributed by atoms with E-state index in [1.807, 2.05) is 26.0 Å². The lowest BCUT2D eigenvalue weighted by molar-refractivity contribution is 0.0565. The fraction of sp³-hybridized carbons (Fsp3) is 0.412. The second-order valence-electron chi connectivity index (χ2n) is 5.57. The van der Waals surface area contributed by atoms with Crippen LogP contribution in [-0.2, 0) is 6.54 Å². The summed E-state index contributed by atoms with van der Waals surface area (Å²) in [7, 11) is 0. The molecule has 0 radical (unpaired) electrons. The fourth-order valence-corrected chi connectivity index (χ4v) is 3.34. The summed E-state index contributed by atoms with van der Waals surface area (Å²) in [5.41, 5.74) is 0.423. The number of aryl methyl sites for hydroxylation is 2. The number of hydrogen-bond donors (Lipinski definition) is 2. The van der Waals surface area contributed by atoms with E-state index in [2.05, 4.69) is 4.98 Å². The monoisotopic (exact) mass is 334 g/mol. The van der Waals surface area contributed by atoms with E-state index in [0.29, 0.717) is 18.7 Å². The van der Waals surface area contributed by atoms with Crippen LogP contribution in [0.5, 0.6) is 0 Å². The molecule has 2 heterocycles. The average Bonchev–Trinajstić information content (AvgIpc) is 2.92. The number of nitrogens with one attached hydrogen (secondary N) is 1. The summed E-state index contributed by atoms with van der Waals surface area (Å²) in [6.45, 7) is 5.96.